The molecule has 1 aromatic rings. The van der Waals surface area contributed by atoms with Crippen LogP contribution in [0, 0.1) is 16.0 Å². The smallest absolute Gasteiger partial charge is 0.273 e. The van der Waals surface area contributed by atoms with Crippen LogP contribution in [0.25, 0.3) is 0 Å². The standard InChI is InChI=1S/C13H19N3O3/c1-9(10-2-4-19-5-3-10)15-12-6-11(14)7-13(8-12)16(17)18/h6-10,15H,2-5,14H2,1H3. The third-order valence-electron chi connectivity index (χ3n) is 3.52. The van der Waals surface area contributed by atoms with Gasteiger partial charge in [-0.05, 0) is 31.7 Å². The zero-order valence-electron chi connectivity index (χ0n) is 11.0. The van der Waals surface area contributed by atoms with E-state index in [1.54, 1.807) is 6.07 Å². The molecule has 6 nitrogen and oxygen atoms in total. The second-order valence-corrected chi connectivity index (χ2v) is 4.95. The highest BCUT2D eigenvalue weighted by Crippen LogP contribution is 2.26. The molecule has 1 fully saturated rings. The van der Waals surface area contributed by atoms with Gasteiger partial charge >= 0.3 is 0 Å². The van der Waals surface area contributed by atoms with Crippen LogP contribution in [0.1, 0.15) is 19.8 Å². The van der Waals surface area contributed by atoms with Crippen LogP contribution in [-0.2, 0) is 4.74 Å². The van der Waals surface area contributed by atoms with E-state index in [1.807, 2.05) is 0 Å². The first kappa shape index (κ1) is 13.6. The van der Waals surface area contributed by atoms with Crippen LogP contribution in [0.5, 0.6) is 0 Å². The van der Waals surface area contributed by atoms with Crippen LogP contribution in [0.2, 0.25) is 0 Å². The highest BCUT2D eigenvalue weighted by atomic mass is 16.6. The first-order chi connectivity index (χ1) is 9.06. The van der Waals surface area contributed by atoms with Gasteiger partial charge in [0.05, 0.1) is 4.92 Å². The monoisotopic (exact) mass is 265 g/mol. The van der Waals surface area contributed by atoms with E-state index < -0.39 is 4.92 Å². The number of nitro groups is 1. The minimum atomic E-state index is -0.430. The molecule has 3 N–H and O–H groups in total. The van der Waals surface area contributed by atoms with Gasteiger partial charge in [0.25, 0.3) is 5.69 Å². The van der Waals surface area contributed by atoms with Gasteiger partial charge in [0.15, 0.2) is 0 Å². The summed E-state index contributed by atoms with van der Waals surface area (Å²) < 4.78 is 5.33. The number of ether oxygens (including phenoxy) is 1. The highest BCUT2D eigenvalue weighted by molar-refractivity contribution is 5.61. The number of nitrogen functional groups attached to an aromatic ring is 1. The molecule has 19 heavy (non-hydrogen) atoms. The van der Waals surface area contributed by atoms with Crippen molar-refractivity contribution in [1.82, 2.24) is 0 Å². The van der Waals surface area contributed by atoms with E-state index >= 15 is 0 Å². The average molecular weight is 265 g/mol. The zero-order valence-corrected chi connectivity index (χ0v) is 11.0. The number of hydrogen-bond acceptors (Lipinski definition) is 5. The van der Waals surface area contributed by atoms with Gasteiger partial charge in [0, 0.05) is 42.8 Å². The van der Waals surface area contributed by atoms with Crippen LogP contribution in [-0.4, -0.2) is 24.2 Å². The molecule has 104 valence electrons. The predicted molar refractivity (Wildman–Crippen MR) is 74.1 cm³/mol. The van der Waals surface area contributed by atoms with E-state index in [4.69, 9.17) is 10.5 Å². The van der Waals surface area contributed by atoms with Gasteiger partial charge in [0.2, 0.25) is 0 Å². The molecule has 1 unspecified atom stereocenters. The molecule has 1 saturated heterocycles. The molecular formula is C13H19N3O3. The van der Waals surface area contributed by atoms with Crippen LogP contribution in [0.4, 0.5) is 17.1 Å². The third kappa shape index (κ3) is 3.57. The zero-order chi connectivity index (χ0) is 13.8. The van der Waals surface area contributed by atoms with E-state index in [0.29, 0.717) is 17.3 Å². The Kier molecular flexibility index (Phi) is 4.21. The molecule has 0 aliphatic carbocycles. The Hall–Kier alpha value is -1.82. The molecule has 0 bridgehead atoms. The Balaban J connectivity index is 2.07. The van der Waals surface area contributed by atoms with Crippen molar-refractivity contribution in [1.29, 1.82) is 0 Å². The summed E-state index contributed by atoms with van der Waals surface area (Å²) in [5.41, 5.74) is 6.80. The molecule has 0 spiro atoms. The number of nitrogens with zero attached hydrogens (tertiary/aromatic N) is 1. The van der Waals surface area contributed by atoms with Crippen LogP contribution in [0.3, 0.4) is 0 Å². The Bertz CT molecular complexity index is 458. The largest absolute Gasteiger partial charge is 0.398 e. The fourth-order valence-electron chi connectivity index (χ4n) is 2.42. The maximum absolute atomic E-state index is 10.8. The minimum Gasteiger partial charge on any atom is -0.398 e. The number of rotatable bonds is 4. The van der Waals surface area contributed by atoms with Crippen LogP contribution >= 0.6 is 0 Å². The van der Waals surface area contributed by atoms with Gasteiger partial charge in [0.1, 0.15) is 0 Å². The van der Waals surface area contributed by atoms with Crippen molar-refractivity contribution in [3.05, 3.63) is 28.3 Å². The number of hydrogen-bond donors (Lipinski definition) is 2. The lowest BCUT2D eigenvalue weighted by atomic mass is 9.93. The number of nitrogens with one attached hydrogen (secondary N) is 1. The van der Waals surface area contributed by atoms with Gasteiger partial charge in [-0.1, -0.05) is 0 Å². The highest BCUT2D eigenvalue weighted by Gasteiger charge is 2.21. The number of anilines is 2. The summed E-state index contributed by atoms with van der Waals surface area (Å²) in [4.78, 5) is 10.4. The van der Waals surface area contributed by atoms with Crippen molar-refractivity contribution in [3.8, 4) is 0 Å². The van der Waals surface area contributed by atoms with Crippen molar-refractivity contribution < 1.29 is 9.66 Å². The van der Waals surface area contributed by atoms with E-state index in [0.717, 1.165) is 26.1 Å². The first-order valence-corrected chi connectivity index (χ1v) is 6.45. The van der Waals surface area contributed by atoms with Gasteiger partial charge in [-0.3, -0.25) is 10.1 Å². The SMILES string of the molecule is CC(Nc1cc(N)cc([N+](=O)[O-])c1)C1CCOCC1. The van der Waals surface area contributed by atoms with Gasteiger partial charge in [-0.15, -0.1) is 0 Å². The Labute approximate surface area is 112 Å². The first-order valence-electron chi connectivity index (χ1n) is 6.45. The quantitative estimate of drug-likeness (QED) is 0.495. The Morgan fingerprint density at radius 2 is 2.11 bits per heavy atom. The molecule has 1 aliphatic rings. The van der Waals surface area contributed by atoms with Crippen molar-refractivity contribution in [3.63, 3.8) is 0 Å². The summed E-state index contributed by atoms with van der Waals surface area (Å²) in [6.45, 7) is 3.66. The Morgan fingerprint density at radius 3 is 2.74 bits per heavy atom. The minimum absolute atomic E-state index is 0.0154. The molecule has 6 heteroatoms. The average Bonchev–Trinajstić information content (AvgIpc) is 2.39. The molecule has 0 radical (unpaired) electrons. The van der Waals surface area contributed by atoms with Crippen molar-refractivity contribution in [2.45, 2.75) is 25.8 Å². The molecule has 0 saturated carbocycles. The van der Waals surface area contributed by atoms with Crippen LogP contribution in [0.15, 0.2) is 18.2 Å². The number of non-ortho nitro benzene ring substituents is 1. The van der Waals surface area contributed by atoms with E-state index in [-0.39, 0.29) is 11.7 Å². The summed E-state index contributed by atoms with van der Waals surface area (Å²) in [7, 11) is 0. The molecule has 1 heterocycles. The molecular weight excluding hydrogens is 246 g/mol. The lowest BCUT2D eigenvalue weighted by molar-refractivity contribution is -0.384. The summed E-state index contributed by atoms with van der Waals surface area (Å²) >= 11 is 0. The summed E-state index contributed by atoms with van der Waals surface area (Å²) in [5, 5.41) is 14.1. The maximum atomic E-state index is 10.8. The second kappa shape index (κ2) is 5.88. The number of nitrogens with two attached hydrogens (primary N) is 1. The van der Waals surface area contributed by atoms with Crippen molar-refractivity contribution in [2.75, 3.05) is 24.3 Å². The molecule has 1 atom stereocenters. The fraction of sp³-hybridized carbons (Fsp3) is 0.538. The molecule has 0 amide bonds. The van der Waals surface area contributed by atoms with Gasteiger partial charge < -0.3 is 15.8 Å². The molecule has 2 rings (SSSR count). The number of benzene rings is 1. The maximum Gasteiger partial charge on any atom is 0.273 e. The lowest BCUT2D eigenvalue weighted by Gasteiger charge is -2.29. The van der Waals surface area contributed by atoms with E-state index in [1.165, 1.54) is 12.1 Å². The molecule has 1 aliphatic heterocycles. The van der Waals surface area contributed by atoms with E-state index in [2.05, 4.69) is 12.2 Å². The van der Waals surface area contributed by atoms with Crippen LogP contribution < -0.4 is 11.1 Å². The van der Waals surface area contributed by atoms with E-state index in [9.17, 15) is 10.1 Å². The summed E-state index contributed by atoms with van der Waals surface area (Å²) in [5.74, 6) is 0.522. The second-order valence-electron chi connectivity index (χ2n) is 4.95. The predicted octanol–water partition coefficient (Wildman–Crippen LogP) is 2.40. The fourth-order valence-corrected chi connectivity index (χ4v) is 2.42. The Morgan fingerprint density at radius 1 is 1.42 bits per heavy atom. The topological polar surface area (TPSA) is 90.4 Å². The van der Waals surface area contributed by atoms with Gasteiger partial charge in [-0.25, -0.2) is 0 Å². The summed E-state index contributed by atoms with van der Waals surface area (Å²) in [6, 6.07) is 4.85. The van der Waals surface area contributed by atoms with Crippen molar-refractivity contribution in [2.24, 2.45) is 5.92 Å². The van der Waals surface area contributed by atoms with Gasteiger partial charge in [-0.2, -0.15) is 0 Å². The normalized spacial score (nSPS) is 17.9. The third-order valence-corrected chi connectivity index (χ3v) is 3.52. The lowest BCUT2D eigenvalue weighted by Crippen LogP contribution is -2.31. The summed E-state index contributed by atoms with van der Waals surface area (Å²) in [6.07, 6.45) is 2.02. The number of nitro benzene ring substituents is 1. The molecule has 0 aromatic heterocycles. The molecule has 1 aromatic carbocycles. The van der Waals surface area contributed by atoms with Crippen molar-refractivity contribution >= 4 is 17.1 Å².